The Morgan fingerprint density at radius 1 is 1.37 bits per heavy atom. The zero-order valence-corrected chi connectivity index (χ0v) is 12.6. The zero-order valence-electron chi connectivity index (χ0n) is 11.8. The minimum Gasteiger partial charge on any atom is -0.469 e. The molecular weight excluding hydrogens is 266 g/mol. The Morgan fingerprint density at radius 2 is 2.00 bits per heavy atom. The number of esters is 1. The molecule has 2 fully saturated rings. The van der Waals surface area contributed by atoms with Crippen molar-refractivity contribution in [2.24, 2.45) is 17.3 Å². The largest absolute Gasteiger partial charge is 0.469 e. The lowest BCUT2D eigenvalue weighted by Gasteiger charge is -2.18. The summed E-state index contributed by atoms with van der Waals surface area (Å²) in [5.74, 6) is -0.491. The van der Waals surface area contributed by atoms with Crippen molar-refractivity contribution < 1.29 is 17.9 Å². The first-order chi connectivity index (χ1) is 8.78. The van der Waals surface area contributed by atoms with E-state index in [0.717, 1.165) is 12.8 Å². The lowest BCUT2D eigenvalue weighted by Crippen LogP contribution is -2.40. The summed E-state index contributed by atoms with van der Waals surface area (Å²) in [4.78, 5) is 11.6. The average Bonchev–Trinajstić information content (AvgIpc) is 2.79. The molecule has 0 aromatic carbocycles. The van der Waals surface area contributed by atoms with Crippen molar-refractivity contribution in [3.8, 4) is 0 Å². The lowest BCUT2D eigenvalue weighted by molar-refractivity contribution is -0.145. The first-order valence-electron chi connectivity index (χ1n) is 6.84. The molecule has 3 atom stereocenters. The third kappa shape index (κ3) is 3.11. The fraction of sp³-hybridized carbons (Fsp3) is 0.923. The van der Waals surface area contributed by atoms with Crippen LogP contribution in [0.5, 0.6) is 0 Å². The standard InChI is InChI=1S/C13H23NO4S/c1-13(2)7-9(13)8-14-19(16,17)11-6-4-5-10(11)12(15)18-3/h9-11,14H,4-8H2,1-3H3. The monoisotopic (exact) mass is 289 g/mol. The van der Waals surface area contributed by atoms with E-state index in [0.29, 0.717) is 25.3 Å². The lowest BCUT2D eigenvalue weighted by atomic mass is 10.1. The molecule has 0 radical (unpaired) electrons. The first kappa shape index (κ1) is 14.8. The third-order valence-corrected chi connectivity index (χ3v) is 6.53. The molecule has 2 saturated carbocycles. The highest BCUT2D eigenvalue weighted by atomic mass is 32.2. The molecule has 3 unspecified atom stereocenters. The van der Waals surface area contributed by atoms with Crippen LogP contribution in [0.1, 0.15) is 39.5 Å². The van der Waals surface area contributed by atoms with Gasteiger partial charge in [-0.25, -0.2) is 13.1 Å². The fourth-order valence-corrected chi connectivity index (χ4v) is 4.77. The van der Waals surface area contributed by atoms with Crippen LogP contribution in [0, 0.1) is 17.3 Å². The van der Waals surface area contributed by atoms with E-state index in [9.17, 15) is 13.2 Å². The highest BCUT2D eigenvalue weighted by molar-refractivity contribution is 7.90. The Morgan fingerprint density at radius 3 is 2.53 bits per heavy atom. The van der Waals surface area contributed by atoms with E-state index in [1.165, 1.54) is 7.11 Å². The first-order valence-corrected chi connectivity index (χ1v) is 8.39. The van der Waals surface area contributed by atoms with Gasteiger partial charge in [0, 0.05) is 6.54 Å². The molecule has 2 aliphatic rings. The second-order valence-electron chi connectivity index (χ2n) is 6.38. The molecular formula is C13H23NO4S. The SMILES string of the molecule is COC(=O)C1CCCC1S(=O)(=O)NCC1CC1(C)C. The van der Waals surface area contributed by atoms with Crippen molar-refractivity contribution in [3.63, 3.8) is 0 Å². The van der Waals surface area contributed by atoms with Crippen LogP contribution >= 0.6 is 0 Å². The quantitative estimate of drug-likeness (QED) is 0.774. The maximum atomic E-state index is 12.3. The molecule has 6 heteroatoms. The predicted molar refractivity (Wildman–Crippen MR) is 72.0 cm³/mol. The molecule has 2 aliphatic carbocycles. The van der Waals surface area contributed by atoms with Crippen LogP contribution in [-0.2, 0) is 19.6 Å². The Hall–Kier alpha value is -0.620. The smallest absolute Gasteiger partial charge is 0.310 e. The number of carbonyl (C=O) groups is 1. The van der Waals surface area contributed by atoms with Crippen LogP contribution in [-0.4, -0.2) is 33.3 Å². The summed E-state index contributed by atoms with van der Waals surface area (Å²) < 4.78 is 32.0. The summed E-state index contributed by atoms with van der Waals surface area (Å²) in [7, 11) is -2.11. The number of rotatable bonds is 5. The molecule has 0 aromatic heterocycles. The van der Waals surface area contributed by atoms with Gasteiger partial charge in [-0.1, -0.05) is 20.3 Å². The van der Waals surface area contributed by atoms with Crippen LogP contribution < -0.4 is 4.72 Å². The molecule has 1 N–H and O–H groups in total. The summed E-state index contributed by atoms with van der Waals surface area (Å²) in [5.41, 5.74) is 0.250. The molecule has 0 amide bonds. The third-order valence-electron chi connectivity index (χ3n) is 4.60. The van der Waals surface area contributed by atoms with Gasteiger partial charge >= 0.3 is 5.97 Å². The molecule has 2 rings (SSSR count). The van der Waals surface area contributed by atoms with Crippen molar-refractivity contribution >= 4 is 16.0 Å². The number of methoxy groups -OCH3 is 1. The van der Waals surface area contributed by atoms with Crippen molar-refractivity contribution in [1.29, 1.82) is 0 Å². The highest BCUT2D eigenvalue weighted by Crippen LogP contribution is 2.51. The van der Waals surface area contributed by atoms with E-state index in [2.05, 4.69) is 18.6 Å². The fourth-order valence-electron chi connectivity index (χ4n) is 2.97. The summed E-state index contributed by atoms with van der Waals surface area (Å²) >= 11 is 0. The van der Waals surface area contributed by atoms with Gasteiger partial charge in [0.05, 0.1) is 18.3 Å². The van der Waals surface area contributed by atoms with E-state index in [1.807, 2.05) is 0 Å². The molecule has 0 bridgehead atoms. The van der Waals surface area contributed by atoms with Crippen molar-refractivity contribution in [2.75, 3.05) is 13.7 Å². The van der Waals surface area contributed by atoms with Crippen molar-refractivity contribution in [3.05, 3.63) is 0 Å². The Bertz CT molecular complexity index is 457. The molecule has 0 aliphatic heterocycles. The van der Waals surface area contributed by atoms with Gasteiger partial charge in [-0.05, 0) is 30.6 Å². The number of sulfonamides is 1. The van der Waals surface area contributed by atoms with Gasteiger partial charge in [0.15, 0.2) is 0 Å². The van der Waals surface area contributed by atoms with Gasteiger partial charge in [0.1, 0.15) is 0 Å². The molecule has 0 aromatic rings. The summed E-state index contributed by atoms with van der Waals surface area (Å²) in [6.45, 7) is 4.76. The maximum Gasteiger partial charge on any atom is 0.310 e. The minimum absolute atomic E-state index is 0.250. The summed E-state index contributed by atoms with van der Waals surface area (Å²) in [5, 5.41) is -0.623. The Kier molecular flexibility index (Phi) is 3.93. The van der Waals surface area contributed by atoms with Gasteiger partial charge in [0.25, 0.3) is 0 Å². The zero-order chi connectivity index (χ0) is 14.3. The molecule has 19 heavy (non-hydrogen) atoms. The molecule has 0 heterocycles. The van der Waals surface area contributed by atoms with Gasteiger partial charge in [-0.15, -0.1) is 0 Å². The summed E-state index contributed by atoms with van der Waals surface area (Å²) in [6.07, 6.45) is 2.97. The highest BCUT2D eigenvalue weighted by Gasteiger charge is 2.47. The van der Waals surface area contributed by atoms with Crippen LogP contribution in [0.25, 0.3) is 0 Å². The van der Waals surface area contributed by atoms with Gasteiger partial charge in [-0.3, -0.25) is 4.79 Å². The number of hydrogen-bond acceptors (Lipinski definition) is 4. The molecule has 5 nitrogen and oxygen atoms in total. The average molecular weight is 289 g/mol. The van der Waals surface area contributed by atoms with E-state index in [4.69, 9.17) is 4.74 Å². The van der Waals surface area contributed by atoms with Gasteiger partial charge in [0.2, 0.25) is 10.0 Å². The second-order valence-corrected chi connectivity index (χ2v) is 8.37. The van der Waals surface area contributed by atoms with E-state index >= 15 is 0 Å². The number of carbonyl (C=O) groups excluding carboxylic acids is 1. The topological polar surface area (TPSA) is 72.5 Å². The normalized spacial score (nSPS) is 33.1. The minimum atomic E-state index is -3.42. The number of nitrogens with one attached hydrogen (secondary N) is 1. The second kappa shape index (κ2) is 5.05. The van der Waals surface area contributed by atoms with Gasteiger partial charge in [-0.2, -0.15) is 0 Å². The van der Waals surface area contributed by atoms with E-state index < -0.39 is 27.2 Å². The van der Waals surface area contributed by atoms with Crippen LogP contribution in [0.15, 0.2) is 0 Å². The molecule has 0 saturated heterocycles. The Balaban J connectivity index is 1.97. The van der Waals surface area contributed by atoms with E-state index in [1.54, 1.807) is 0 Å². The summed E-state index contributed by atoms with van der Waals surface area (Å²) in [6, 6.07) is 0. The van der Waals surface area contributed by atoms with Crippen LogP contribution in [0.3, 0.4) is 0 Å². The predicted octanol–water partition coefficient (Wildman–Crippen LogP) is 1.29. The number of ether oxygens (including phenoxy) is 1. The van der Waals surface area contributed by atoms with Crippen LogP contribution in [0.2, 0.25) is 0 Å². The van der Waals surface area contributed by atoms with E-state index in [-0.39, 0.29) is 5.41 Å². The maximum absolute atomic E-state index is 12.3. The molecule has 110 valence electrons. The van der Waals surface area contributed by atoms with Crippen molar-refractivity contribution in [1.82, 2.24) is 4.72 Å². The van der Waals surface area contributed by atoms with Crippen LogP contribution in [0.4, 0.5) is 0 Å². The number of hydrogen-bond donors (Lipinski definition) is 1. The van der Waals surface area contributed by atoms with Crippen molar-refractivity contribution in [2.45, 2.75) is 44.8 Å². The molecule has 0 spiro atoms. The Labute approximate surface area is 115 Å². The van der Waals surface area contributed by atoms with Gasteiger partial charge < -0.3 is 4.74 Å².